The Kier molecular flexibility index (Phi) is 5.83. The van der Waals surface area contributed by atoms with E-state index in [2.05, 4.69) is 43.9 Å². The van der Waals surface area contributed by atoms with E-state index in [1.807, 2.05) is 6.07 Å². The lowest BCUT2D eigenvalue weighted by atomic mass is 9.53. The molecule has 0 aromatic heterocycles. The zero-order valence-corrected chi connectivity index (χ0v) is 23.0. The minimum atomic E-state index is -0.688. The van der Waals surface area contributed by atoms with Crippen LogP contribution in [-0.2, 0) is 33.3 Å². The molecule has 4 aliphatic carbocycles. The molecule has 202 valence electrons. The number of aryl methyl sites for hydroxylation is 1. The fourth-order valence-corrected chi connectivity index (χ4v) is 8.42. The van der Waals surface area contributed by atoms with Crippen LogP contribution in [0.5, 0.6) is 0 Å². The van der Waals surface area contributed by atoms with Gasteiger partial charge in [-0.3, -0.25) is 9.59 Å². The highest BCUT2D eigenvalue weighted by atomic mass is 19.1. The Labute approximate surface area is 225 Å². The van der Waals surface area contributed by atoms with Crippen molar-refractivity contribution in [2.24, 2.45) is 10.8 Å². The van der Waals surface area contributed by atoms with Crippen molar-refractivity contribution in [3.8, 4) is 0 Å². The van der Waals surface area contributed by atoms with Crippen LogP contribution in [0.25, 0.3) is 0 Å². The van der Waals surface area contributed by atoms with E-state index < -0.39 is 16.8 Å². The number of nitrogens with zero attached hydrogens (tertiary/aromatic N) is 1. The summed E-state index contributed by atoms with van der Waals surface area (Å²) in [5.41, 5.74) is 3.80. The zero-order chi connectivity index (χ0) is 26.9. The molecule has 1 saturated heterocycles. The van der Waals surface area contributed by atoms with E-state index >= 15 is 0 Å². The molecule has 3 saturated carbocycles. The van der Waals surface area contributed by atoms with Crippen LogP contribution in [0, 0.1) is 16.6 Å². The number of carboxylic acid groups (broad SMARTS) is 1. The molecule has 7 rings (SSSR count). The van der Waals surface area contributed by atoms with Gasteiger partial charge in [0.25, 0.3) is 0 Å². The van der Waals surface area contributed by atoms with Crippen molar-refractivity contribution in [2.75, 3.05) is 6.54 Å². The van der Waals surface area contributed by atoms with E-state index in [9.17, 15) is 19.1 Å². The molecule has 1 heterocycles. The summed E-state index contributed by atoms with van der Waals surface area (Å²) >= 11 is 0. The van der Waals surface area contributed by atoms with Gasteiger partial charge in [-0.15, -0.1) is 0 Å². The first-order chi connectivity index (χ1) is 18.0. The Balaban J connectivity index is 1.37. The van der Waals surface area contributed by atoms with Crippen LogP contribution in [0.2, 0.25) is 0 Å². The van der Waals surface area contributed by atoms with Gasteiger partial charge >= 0.3 is 5.97 Å². The van der Waals surface area contributed by atoms with Crippen LogP contribution < -0.4 is 0 Å². The van der Waals surface area contributed by atoms with Crippen LogP contribution in [0.1, 0.15) is 94.4 Å². The summed E-state index contributed by atoms with van der Waals surface area (Å²) < 4.78 is 14.3. The lowest BCUT2D eigenvalue weighted by molar-refractivity contribution is -0.168. The Bertz CT molecular complexity index is 1270. The quantitative estimate of drug-likeness (QED) is 0.499. The average Bonchev–Trinajstić information content (AvgIpc) is 3.27. The van der Waals surface area contributed by atoms with Crippen LogP contribution in [0.15, 0.2) is 42.5 Å². The second-order valence-electron chi connectivity index (χ2n) is 13.8. The third-order valence-corrected chi connectivity index (χ3v) is 10.8. The molecule has 4 nitrogen and oxygen atoms in total. The normalized spacial score (nSPS) is 32.1. The summed E-state index contributed by atoms with van der Waals surface area (Å²) in [6, 6.07) is 14.0. The first kappa shape index (κ1) is 25.6. The van der Waals surface area contributed by atoms with Gasteiger partial charge in [-0.05, 0) is 104 Å². The molecule has 5 aliphatic rings. The highest BCUT2D eigenvalue weighted by molar-refractivity contribution is 5.86. The van der Waals surface area contributed by atoms with E-state index in [0.29, 0.717) is 45.1 Å². The van der Waals surface area contributed by atoms with Crippen molar-refractivity contribution in [2.45, 2.75) is 102 Å². The lowest BCUT2D eigenvalue weighted by Crippen LogP contribution is -2.56. The first-order valence-electron chi connectivity index (χ1n) is 14.4. The number of carbonyl (C=O) groups excluding carboxylic acids is 1. The van der Waals surface area contributed by atoms with Gasteiger partial charge in [-0.1, -0.05) is 51.1 Å². The Hall–Kier alpha value is -2.69. The summed E-state index contributed by atoms with van der Waals surface area (Å²) in [4.78, 5) is 28.5. The zero-order valence-electron chi connectivity index (χ0n) is 23.0. The molecule has 2 aromatic rings. The van der Waals surface area contributed by atoms with Gasteiger partial charge in [0, 0.05) is 23.4 Å². The number of benzene rings is 2. The summed E-state index contributed by atoms with van der Waals surface area (Å²) in [5, 5.41) is 9.84. The van der Waals surface area contributed by atoms with E-state index in [0.717, 1.165) is 31.2 Å². The average molecular weight is 518 g/mol. The Morgan fingerprint density at radius 1 is 0.974 bits per heavy atom. The highest BCUT2D eigenvalue weighted by Crippen LogP contribution is 2.59. The molecular formula is C33H40FNO3. The second-order valence-corrected chi connectivity index (χ2v) is 13.8. The van der Waals surface area contributed by atoms with Crippen molar-refractivity contribution < 1.29 is 19.1 Å². The number of carboxylic acids is 1. The number of amides is 1. The Morgan fingerprint density at radius 3 is 2.29 bits per heavy atom. The van der Waals surface area contributed by atoms with Gasteiger partial charge in [0.2, 0.25) is 5.91 Å². The van der Waals surface area contributed by atoms with Gasteiger partial charge in [0.05, 0.1) is 5.41 Å². The molecule has 5 heteroatoms. The van der Waals surface area contributed by atoms with Gasteiger partial charge < -0.3 is 10.0 Å². The third-order valence-electron chi connectivity index (χ3n) is 10.8. The van der Waals surface area contributed by atoms with Crippen LogP contribution in [0.3, 0.4) is 0 Å². The topological polar surface area (TPSA) is 57.6 Å². The molecule has 1 N–H and O–H groups in total. The number of rotatable bonds is 4. The minimum Gasteiger partial charge on any atom is -0.481 e. The summed E-state index contributed by atoms with van der Waals surface area (Å²) in [5.74, 6) is -0.658. The van der Waals surface area contributed by atoms with Gasteiger partial charge in [-0.2, -0.15) is 0 Å². The molecular weight excluding hydrogens is 477 g/mol. The first-order valence-corrected chi connectivity index (χ1v) is 14.4. The summed E-state index contributed by atoms with van der Waals surface area (Å²) in [6.07, 6.45) is 7.33. The molecule has 1 aliphatic heterocycles. The SMILES string of the molecule is CC(C)(C)c1ccc2c(c1)CCC1N(C(=O)C34CCC(C(=O)O)(CC3)CC4)CCC21Cc1cccc(F)c1. The fourth-order valence-electron chi connectivity index (χ4n) is 8.42. The van der Waals surface area contributed by atoms with Crippen molar-refractivity contribution in [1.82, 2.24) is 4.90 Å². The molecule has 2 bridgehead atoms. The maximum absolute atomic E-state index is 14.4. The number of carbonyl (C=O) groups is 2. The summed E-state index contributed by atoms with van der Waals surface area (Å²) in [6.45, 7) is 7.44. The van der Waals surface area contributed by atoms with Crippen molar-refractivity contribution in [3.05, 3.63) is 70.5 Å². The smallest absolute Gasteiger partial charge is 0.309 e. The van der Waals surface area contributed by atoms with E-state index in [4.69, 9.17) is 0 Å². The number of fused-ring (bicyclic) bond motifs is 6. The predicted molar refractivity (Wildman–Crippen MR) is 146 cm³/mol. The standard InChI is InChI=1S/C33H40FNO3/c1-30(2,3)24-8-9-26-23(20-24)7-10-27-33(26,21-22-5-4-6-25(34)19-22)17-18-35(27)28(36)31-11-14-32(15-12-31,16-13-31)29(37)38/h4-6,8-9,19-20,27H,7,10-18,21H2,1-3H3,(H,37,38). The van der Waals surface area contributed by atoms with E-state index in [1.165, 1.54) is 22.8 Å². The molecule has 0 radical (unpaired) electrons. The van der Waals surface area contributed by atoms with Gasteiger partial charge in [0.1, 0.15) is 5.82 Å². The molecule has 38 heavy (non-hydrogen) atoms. The molecule has 4 fully saturated rings. The number of aliphatic carboxylic acids is 1. The summed E-state index contributed by atoms with van der Waals surface area (Å²) in [7, 11) is 0. The molecule has 2 unspecified atom stereocenters. The van der Waals surface area contributed by atoms with Crippen LogP contribution >= 0.6 is 0 Å². The van der Waals surface area contributed by atoms with Gasteiger partial charge in [0.15, 0.2) is 0 Å². The maximum Gasteiger partial charge on any atom is 0.309 e. The third kappa shape index (κ3) is 3.83. The minimum absolute atomic E-state index is 0.0611. The van der Waals surface area contributed by atoms with Crippen molar-refractivity contribution >= 4 is 11.9 Å². The lowest BCUT2D eigenvalue weighted by Gasteiger charge is -2.52. The fraction of sp³-hybridized carbons (Fsp3) is 0.576. The largest absolute Gasteiger partial charge is 0.481 e. The van der Waals surface area contributed by atoms with Crippen molar-refractivity contribution in [3.63, 3.8) is 0 Å². The maximum atomic E-state index is 14.4. The van der Waals surface area contributed by atoms with Crippen molar-refractivity contribution in [1.29, 1.82) is 0 Å². The Morgan fingerprint density at radius 2 is 1.66 bits per heavy atom. The van der Waals surface area contributed by atoms with E-state index in [1.54, 1.807) is 12.1 Å². The number of hydrogen-bond donors (Lipinski definition) is 1. The highest BCUT2D eigenvalue weighted by Gasteiger charge is 2.60. The number of halogens is 1. The van der Waals surface area contributed by atoms with Gasteiger partial charge in [-0.25, -0.2) is 4.39 Å². The monoisotopic (exact) mass is 517 g/mol. The number of likely N-dealkylation sites (tertiary alicyclic amines) is 1. The molecule has 1 amide bonds. The molecule has 0 spiro atoms. The van der Waals surface area contributed by atoms with Crippen LogP contribution in [-0.4, -0.2) is 34.5 Å². The number of hydrogen-bond acceptors (Lipinski definition) is 2. The molecule has 2 aromatic carbocycles. The predicted octanol–water partition coefficient (Wildman–Crippen LogP) is 6.58. The van der Waals surface area contributed by atoms with E-state index in [-0.39, 0.29) is 28.6 Å². The molecule has 2 atom stereocenters. The van der Waals surface area contributed by atoms with Crippen LogP contribution in [0.4, 0.5) is 4.39 Å². The second kappa shape index (κ2) is 8.66.